The highest BCUT2D eigenvalue weighted by Crippen LogP contribution is 2.26. The SMILES string of the molecule is CCn1ccnc1C(N)c1ccncc1OC. The quantitative estimate of drug-likeness (QED) is 0.864. The van der Waals surface area contributed by atoms with E-state index in [4.69, 9.17) is 10.5 Å². The summed E-state index contributed by atoms with van der Waals surface area (Å²) < 4.78 is 7.28. The van der Waals surface area contributed by atoms with Crippen LogP contribution in [0.15, 0.2) is 30.9 Å². The molecule has 2 rings (SSSR count). The lowest BCUT2D eigenvalue weighted by Crippen LogP contribution is -2.18. The highest BCUT2D eigenvalue weighted by molar-refractivity contribution is 5.36. The van der Waals surface area contributed by atoms with Gasteiger partial charge in [-0.05, 0) is 13.0 Å². The van der Waals surface area contributed by atoms with Gasteiger partial charge in [0.1, 0.15) is 11.6 Å². The minimum absolute atomic E-state index is 0.303. The van der Waals surface area contributed by atoms with E-state index in [2.05, 4.69) is 16.9 Å². The Labute approximate surface area is 100 Å². The van der Waals surface area contributed by atoms with Crippen LogP contribution in [0.5, 0.6) is 5.75 Å². The van der Waals surface area contributed by atoms with Gasteiger partial charge >= 0.3 is 0 Å². The molecular formula is C12H16N4O. The zero-order chi connectivity index (χ0) is 12.3. The molecule has 2 N–H and O–H groups in total. The smallest absolute Gasteiger partial charge is 0.142 e. The molecular weight excluding hydrogens is 216 g/mol. The Bertz CT molecular complexity index is 495. The van der Waals surface area contributed by atoms with Gasteiger partial charge in [0.05, 0.1) is 19.3 Å². The molecule has 2 heterocycles. The van der Waals surface area contributed by atoms with Crippen LogP contribution in [0.3, 0.4) is 0 Å². The predicted octanol–water partition coefficient (Wildman–Crippen LogP) is 1.35. The number of pyridine rings is 1. The predicted molar refractivity (Wildman–Crippen MR) is 64.7 cm³/mol. The van der Waals surface area contributed by atoms with E-state index in [1.165, 1.54) is 0 Å². The molecule has 5 nitrogen and oxygen atoms in total. The Hall–Kier alpha value is -1.88. The first-order valence-electron chi connectivity index (χ1n) is 5.52. The van der Waals surface area contributed by atoms with E-state index in [9.17, 15) is 0 Å². The zero-order valence-corrected chi connectivity index (χ0v) is 10.00. The topological polar surface area (TPSA) is 66.0 Å². The van der Waals surface area contributed by atoms with Crippen molar-refractivity contribution in [3.05, 3.63) is 42.2 Å². The fourth-order valence-corrected chi connectivity index (χ4v) is 1.82. The monoisotopic (exact) mass is 232 g/mol. The van der Waals surface area contributed by atoms with Crippen molar-refractivity contribution in [3.8, 4) is 5.75 Å². The highest BCUT2D eigenvalue weighted by atomic mass is 16.5. The van der Waals surface area contributed by atoms with Crippen molar-refractivity contribution >= 4 is 0 Å². The van der Waals surface area contributed by atoms with Gasteiger partial charge < -0.3 is 15.0 Å². The van der Waals surface area contributed by atoms with Crippen molar-refractivity contribution < 1.29 is 4.74 Å². The summed E-state index contributed by atoms with van der Waals surface area (Å²) >= 11 is 0. The van der Waals surface area contributed by atoms with E-state index in [1.54, 1.807) is 25.7 Å². The first kappa shape index (κ1) is 11.6. The van der Waals surface area contributed by atoms with Gasteiger partial charge in [-0.1, -0.05) is 0 Å². The highest BCUT2D eigenvalue weighted by Gasteiger charge is 2.17. The van der Waals surface area contributed by atoms with E-state index in [1.807, 2.05) is 16.8 Å². The largest absolute Gasteiger partial charge is 0.495 e. The number of imidazole rings is 1. The maximum Gasteiger partial charge on any atom is 0.142 e. The second kappa shape index (κ2) is 4.97. The van der Waals surface area contributed by atoms with Crippen molar-refractivity contribution in [3.63, 3.8) is 0 Å². The molecule has 1 unspecified atom stereocenters. The van der Waals surface area contributed by atoms with Gasteiger partial charge in [-0.15, -0.1) is 0 Å². The number of nitrogens with zero attached hydrogens (tertiary/aromatic N) is 3. The van der Waals surface area contributed by atoms with E-state index >= 15 is 0 Å². The number of hydrogen-bond acceptors (Lipinski definition) is 4. The molecule has 0 bridgehead atoms. The maximum atomic E-state index is 6.22. The molecule has 90 valence electrons. The number of methoxy groups -OCH3 is 1. The average molecular weight is 232 g/mol. The van der Waals surface area contributed by atoms with E-state index in [0.717, 1.165) is 17.9 Å². The fraction of sp³-hybridized carbons (Fsp3) is 0.333. The minimum atomic E-state index is -0.303. The first-order valence-corrected chi connectivity index (χ1v) is 5.52. The maximum absolute atomic E-state index is 6.22. The summed E-state index contributed by atoms with van der Waals surface area (Å²) in [5.74, 6) is 1.52. The van der Waals surface area contributed by atoms with Crippen molar-refractivity contribution in [2.75, 3.05) is 7.11 Å². The Morgan fingerprint density at radius 1 is 1.47 bits per heavy atom. The fourth-order valence-electron chi connectivity index (χ4n) is 1.82. The van der Waals surface area contributed by atoms with Crippen LogP contribution < -0.4 is 10.5 Å². The van der Waals surface area contributed by atoms with Gasteiger partial charge in [0.2, 0.25) is 0 Å². The van der Waals surface area contributed by atoms with Crippen LogP contribution in [0.2, 0.25) is 0 Å². The molecule has 0 aliphatic rings. The second-order valence-corrected chi connectivity index (χ2v) is 3.67. The Balaban J connectivity index is 2.40. The molecule has 0 fully saturated rings. The van der Waals surface area contributed by atoms with Gasteiger partial charge in [-0.25, -0.2) is 4.98 Å². The molecule has 0 amide bonds. The van der Waals surface area contributed by atoms with Crippen LogP contribution in [0.25, 0.3) is 0 Å². The summed E-state index contributed by atoms with van der Waals surface area (Å²) in [5, 5.41) is 0. The van der Waals surface area contributed by atoms with E-state index < -0.39 is 0 Å². The van der Waals surface area contributed by atoms with Gasteiger partial charge in [0.25, 0.3) is 0 Å². The third kappa shape index (κ3) is 2.14. The lowest BCUT2D eigenvalue weighted by atomic mass is 10.1. The molecule has 5 heteroatoms. The Morgan fingerprint density at radius 2 is 2.29 bits per heavy atom. The Morgan fingerprint density at radius 3 is 3.00 bits per heavy atom. The third-order valence-corrected chi connectivity index (χ3v) is 2.74. The van der Waals surface area contributed by atoms with Gasteiger partial charge in [0.15, 0.2) is 0 Å². The summed E-state index contributed by atoms with van der Waals surface area (Å²) in [4.78, 5) is 8.32. The standard InChI is InChI=1S/C12H16N4O/c1-3-16-7-6-15-12(16)11(13)9-4-5-14-8-10(9)17-2/h4-8,11H,3,13H2,1-2H3. The summed E-state index contributed by atoms with van der Waals surface area (Å²) in [5.41, 5.74) is 7.11. The minimum Gasteiger partial charge on any atom is -0.495 e. The molecule has 17 heavy (non-hydrogen) atoms. The van der Waals surface area contributed by atoms with Crippen LogP contribution in [0.4, 0.5) is 0 Å². The summed E-state index contributed by atoms with van der Waals surface area (Å²) in [7, 11) is 1.61. The normalized spacial score (nSPS) is 12.4. The summed E-state index contributed by atoms with van der Waals surface area (Å²) in [6.45, 7) is 2.90. The molecule has 2 aromatic rings. The molecule has 2 aromatic heterocycles. The molecule has 0 saturated carbocycles. The molecule has 0 aliphatic heterocycles. The zero-order valence-electron chi connectivity index (χ0n) is 10.00. The number of nitrogens with two attached hydrogens (primary N) is 1. The number of rotatable bonds is 4. The van der Waals surface area contributed by atoms with Crippen molar-refractivity contribution in [2.45, 2.75) is 19.5 Å². The molecule has 0 radical (unpaired) electrons. The van der Waals surface area contributed by atoms with E-state index in [0.29, 0.717) is 5.75 Å². The lowest BCUT2D eigenvalue weighted by Gasteiger charge is -2.15. The number of aromatic nitrogens is 3. The Kier molecular flexibility index (Phi) is 3.39. The van der Waals surface area contributed by atoms with Crippen LogP contribution in [0, 0.1) is 0 Å². The van der Waals surface area contributed by atoms with Crippen LogP contribution in [0.1, 0.15) is 24.4 Å². The number of hydrogen-bond donors (Lipinski definition) is 1. The second-order valence-electron chi connectivity index (χ2n) is 3.67. The van der Waals surface area contributed by atoms with Crippen LogP contribution >= 0.6 is 0 Å². The summed E-state index contributed by atoms with van der Waals surface area (Å²) in [6.07, 6.45) is 7.04. The number of ether oxygens (including phenoxy) is 1. The summed E-state index contributed by atoms with van der Waals surface area (Å²) in [6, 6.07) is 1.56. The van der Waals surface area contributed by atoms with Gasteiger partial charge in [0, 0.05) is 30.7 Å². The van der Waals surface area contributed by atoms with Crippen LogP contribution in [-0.2, 0) is 6.54 Å². The van der Waals surface area contributed by atoms with E-state index in [-0.39, 0.29) is 6.04 Å². The lowest BCUT2D eigenvalue weighted by molar-refractivity contribution is 0.404. The van der Waals surface area contributed by atoms with Gasteiger partial charge in [-0.3, -0.25) is 4.98 Å². The molecule has 0 spiro atoms. The molecule has 0 saturated heterocycles. The average Bonchev–Trinajstić information content (AvgIpc) is 2.86. The molecule has 1 atom stereocenters. The van der Waals surface area contributed by atoms with Gasteiger partial charge in [-0.2, -0.15) is 0 Å². The van der Waals surface area contributed by atoms with Crippen molar-refractivity contribution in [2.24, 2.45) is 5.73 Å². The number of aryl methyl sites for hydroxylation is 1. The first-order chi connectivity index (χ1) is 8.27. The molecule has 0 aliphatic carbocycles. The van der Waals surface area contributed by atoms with Crippen molar-refractivity contribution in [1.29, 1.82) is 0 Å². The van der Waals surface area contributed by atoms with Crippen LogP contribution in [-0.4, -0.2) is 21.6 Å². The molecule has 0 aromatic carbocycles. The van der Waals surface area contributed by atoms with Crippen molar-refractivity contribution in [1.82, 2.24) is 14.5 Å². The third-order valence-electron chi connectivity index (χ3n) is 2.74.